The van der Waals surface area contributed by atoms with Gasteiger partial charge in [-0.25, -0.2) is 14.0 Å². The van der Waals surface area contributed by atoms with Crippen molar-refractivity contribution in [3.05, 3.63) is 327 Å². The molecule has 0 atom stereocenters. The van der Waals surface area contributed by atoms with Gasteiger partial charge in [-0.1, -0.05) is 175 Å². The van der Waals surface area contributed by atoms with Crippen LogP contribution in [0.4, 0.5) is 0 Å². The first-order valence-electron chi connectivity index (χ1n) is 30.4. The summed E-state index contributed by atoms with van der Waals surface area (Å²) in [5.74, 6) is 0. The summed E-state index contributed by atoms with van der Waals surface area (Å²) >= 11 is 0. The van der Waals surface area contributed by atoms with Crippen molar-refractivity contribution in [3.8, 4) is 95.3 Å². The number of nitrogens with zero attached hydrogens (tertiary/aromatic N) is 14. The smallest absolute Gasteiger partial charge is 0.0834 e. The Morgan fingerprint density at radius 2 is 0.755 bits per heavy atom. The van der Waals surface area contributed by atoms with Crippen LogP contribution >= 0.6 is 0 Å². The molecule has 2 aliphatic carbocycles. The van der Waals surface area contributed by atoms with Crippen LogP contribution < -0.4 is 0 Å². The van der Waals surface area contributed by atoms with Crippen LogP contribution in [0.25, 0.3) is 95.3 Å². The van der Waals surface area contributed by atoms with Crippen LogP contribution in [0.3, 0.4) is 0 Å². The molecule has 6 heterocycles. The summed E-state index contributed by atoms with van der Waals surface area (Å²) in [6.45, 7) is 9.12. The normalized spacial score (nSPS) is 11.7. The minimum atomic E-state index is 0. The molecule has 19 heteroatoms. The predicted octanol–water partition coefficient (Wildman–Crippen LogP) is 16.0. The maximum atomic E-state index is 4.44. The average molecular weight is 2170 g/mol. The summed E-state index contributed by atoms with van der Waals surface area (Å²) in [6.07, 6.45) is 19.9. The second kappa shape index (κ2) is 34.2. The third-order valence-corrected chi connectivity index (χ3v) is 16.5. The summed E-state index contributed by atoms with van der Waals surface area (Å²) < 4.78 is 9.03. The van der Waals surface area contributed by atoms with Crippen molar-refractivity contribution in [2.45, 2.75) is 38.5 Å². The average Bonchev–Trinajstić information content (AvgIpc) is 1.59. The van der Waals surface area contributed by atoms with Crippen molar-refractivity contribution in [1.82, 2.24) is 69.1 Å². The van der Waals surface area contributed by atoms with Gasteiger partial charge in [-0.2, -0.15) is 48.5 Å². The van der Waals surface area contributed by atoms with Crippen molar-refractivity contribution in [1.29, 1.82) is 0 Å². The van der Waals surface area contributed by atoms with Gasteiger partial charge in [0.05, 0.1) is 31.2 Å². The van der Waals surface area contributed by atoms with E-state index in [0.29, 0.717) is 0 Å². The van der Waals surface area contributed by atoms with Crippen LogP contribution in [-0.2, 0) is 126 Å². The van der Waals surface area contributed by atoms with E-state index in [1.807, 2.05) is 145 Å². The molecule has 0 spiro atoms. The number of benzene rings is 9. The summed E-state index contributed by atoms with van der Waals surface area (Å²) in [6, 6.07) is 86.4. The molecule has 500 valence electrons. The minimum absolute atomic E-state index is 0. The zero-order valence-electron chi connectivity index (χ0n) is 53.9. The molecule has 9 aromatic carbocycles. The van der Waals surface area contributed by atoms with E-state index < -0.39 is 0 Å². The Hall–Kier alpha value is -8.74. The first kappa shape index (κ1) is 75.0. The molecule has 0 saturated carbocycles. The third-order valence-electron chi connectivity index (χ3n) is 16.5. The van der Waals surface area contributed by atoms with E-state index in [4.69, 9.17) is 0 Å². The first-order chi connectivity index (χ1) is 45.4. The number of imidazole rings is 2. The van der Waals surface area contributed by atoms with Gasteiger partial charge in [0.1, 0.15) is 0 Å². The Labute approximate surface area is 639 Å². The fourth-order valence-electron chi connectivity index (χ4n) is 11.8. The molecule has 0 N–H and O–H groups in total. The Balaban J connectivity index is 0.000000155. The summed E-state index contributed by atoms with van der Waals surface area (Å²) in [7, 11) is 3.96. The van der Waals surface area contributed by atoms with Crippen LogP contribution in [0.2, 0.25) is 0 Å². The van der Waals surface area contributed by atoms with E-state index in [-0.39, 0.29) is 112 Å². The Kier molecular flexibility index (Phi) is 26.2. The van der Waals surface area contributed by atoms with E-state index >= 15 is 0 Å². The maximum absolute atomic E-state index is 4.44. The summed E-state index contributed by atoms with van der Waals surface area (Å²) in [5.41, 5.74) is 24.1. The molecule has 0 amide bonds. The van der Waals surface area contributed by atoms with Crippen LogP contribution in [0, 0.1) is 30.3 Å². The third kappa shape index (κ3) is 16.9. The van der Waals surface area contributed by atoms with Crippen LogP contribution in [-0.4, -0.2) is 69.1 Å². The molecule has 15 aromatic rings. The zero-order valence-corrected chi connectivity index (χ0v) is 65.7. The van der Waals surface area contributed by atoms with Gasteiger partial charge in [0.15, 0.2) is 0 Å². The van der Waals surface area contributed by atoms with Gasteiger partial charge in [-0.05, 0) is 74.7 Å². The van der Waals surface area contributed by atoms with Crippen LogP contribution in [0.15, 0.2) is 275 Å². The number of rotatable bonds is 8. The van der Waals surface area contributed by atoms with E-state index in [0.717, 1.165) is 56.4 Å². The molecule has 98 heavy (non-hydrogen) atoms. The van der Waals surface area contributed by atoms with Gasteiger partial charge in [0.25, 0.3) is 0 Å². The van der Waals surface area contributed by atoms with Gasteiger partial charge < -0.3 is 9.13 Å². The van der Waals surface area contributed by atoms with E-state index in [9.17, 15) is 0 Å². The molecule has 6 aromatic heterocycles. The Bertz CT molecular complexity index is 4850. The SMILES string of the molecule is CC1(C)c2ccccc2-c2c[c-]c(-n3ccnn3)cc21.Cn1cnc(-c2[c-]cc3c(c2)C(C)(C)c2ccccc2-3)c1.Cn1cnc(-c2[c-]ccc(-c3ccccc3)c2)c1.[Ir].[Ir].[Ir].[Ir].[Pt].[c-]1ccc(-c2ccccc2)cc1-n1ccnn1.[c-]1ccc(-c2ccccn2)cc1-n1ccnn1. The topological polar surface area (TPSA) is 141 Å². The van der Waals surface area contributed by atoms with Crippen molar-refractivity contribution in [2.75, 3.05) is 0 Å². The number of hydrogen-bond donors (Lipinski definition) is 0. The van der Waals surface area contributed by atoms with Crippen molar-refractivity contribution < 1.29 is 101 Å². The molecule has 0 aliphatic heterocycles. The molecular formula is C79H63Ir4N14Pt-5. The number of fused-ring (bicyclic) bond motifs is 6. The predicted molar refractivity (Wildman–Crippen MR) is 365 cm³/mol. The molecule has 0 saturated heterocycles. The second-order valence-corrected chi connectivity index (χ2v) is 23.4. The van der Waals surface area contributed by atoms with Gasteiger partial charge in [0, 0.05) is 157 Å². The maximum Gasteiger partial charge on any atom is 0.0834 e. The fraction of sp³-hybridized carbons (Fsp3) is 0.101. The van der Waals surface area contributed by atoms with Crippen molar-refractivity contribution in [2.24, 2.45) is 14.1 Å². The summed E-state index contributed by atoms with van der Waals surface area (Å²) in [5, 5.41) is 23.4. The molecule has 4 radical (unpaired) electrons. The van der Waals surface area contributed by atoms with E-state index in [2.05, 4.69) is 213 Å². The van der Waals surface area contributed by atoms with Crippen LogP contribution in [0.1, 0.15) is 49.9 Å². The van der Waals surface area contributed by atoms with Gasteiger partial charge >= 0.3 is 0 Å². The molecule has 0 unspecified atom stereocenters. The largest absolute Gasteiger partial charge is 0.350 e. The number of hydrogen-bond acceptors (Lipinski definition) is 9. The Morgan fingerprint density at radius 3 is 1.22 bits per heavy atom. The Morgan fingerprint density at radius 1 is 0.337 bits per heavy atom. The minimum Gasteiger partial charge on any atom is -0.350 e. The monoisotopic (exact) mass is 2170 g/mol. The molecule has 0 bridgehead atoms. The van der Waals surface area contributed by atoms with Crippen molar-refractivity contribution >= 4 is 0 Å². The summed E-state index contributed by atoms with van der Waals surface area (Å²) in [4.78, 5) is 13.1. The second-order valence-electron chi connectivity index (χ2n) is 23.4. The number of aryl methyl sites for hydroxylation is 2. The first-order valence-corrected chi connectivity index (χ1v) is 30.4. The van der Waals surface area contributed by atoms with E-state index in [1.165, 1.54) is 61.2 Å². The van der Waals surface area contributed by atoms with Gasteiger partial charge in [-0.15, -0.1) is 120 Å². The standard InChI is InChI=1S/C19H17N2.C17H14N3.C16H13N2.C14H10N3.C13H9N4.4Ir.Pt/c1-19(2)16-7-5-4-6-14(16)15-9-8-13(10-17(15)19)18-11-21(3)12-20-18;1-17(2)15-6-4-3-5-13(15)14-8-7-12(11-16(14)17)20-10-9-18-19-20;1-18-11-16(17-12-18)15-9-5-8-14(10-15)13-6-3-2-4-7-13;1-2-5-12(6-3-1)13-7-4-8-14(11-13)17-10-9-15-16-17;1-2-7-14-13(6-1)11-4-3-5-12(10-11)17-9-8-15-16-17;;;;;/h4-7,9-12H,1-3H3;3-6,8-11H,1-2H3;2-8,10-12H,1H3;1-7,9-11H;1-4,6-10H;;;;;/q5*-1;;;;;. The molecular weight excluding hydrogens is 2110 g/mol. The zero-order chi connectivity index (χ0) is 63.7. The van der Waals surface area contributed by atoms with Gasteiger partial charge in [0.2, 0.25) is 0 Å². The van der Waals surface area contributed by atoms with Gasteiger partial charge in [-0.3, -0.25) is 15.0 Å². The number of aromatic nitrogens is 14. The number of pyridine rings is 1. The molecule has 17 rings (SSSR count). The van der Waals surface area contributed by atoms with Crippen molar-refractivity contribution in [3.63, 3.8) is 0 Å². The molecule has 0 fully saturated rings. The van der Waals surface area contributed by atoms with Crippen LogP contribution in [0.5, 0.6) is 0 Å². The fourth-order valence-corrected chi connectivity index (χ4v) is 11.8. The van der Waals surface area contributed by atoms with E-state index in [1.54, 1.807) is 57.6 Å². The quantitative estimate of drug-likeness (QED) is 0.136. The molecule has 2 aliphatic rings. The molecule has 14 nitrogen and oxygen atoms in total.